The summed E-state index contributed by atoms with van der Waals surface area (Å²) in [7, 11) is 1.41. The van der Waals surface area contributed by atoms with Crippen LogP contribution in [0.25, 0.3) is 0 Å². The third kappa shape index (κ3) is 4.06. The number of esters is 1. The Morgan fingerprint density at radius 1 is 1.32 bits per heavy atom. The second kappa shape index (κ2) is 6.20. The molecule has 0 aliphatic heterocycles. The number of methoxy groups -OCH3 is 1. The van der Waals surface area contributed by atoms with Crippen molar-refractivity contribution in [1.29, 1.82) is 0 Å². The van der Waals surface area contributed by atoms with E-state index in [1.165, 1.54) is 32.1 Å². The molecule has 1 fully saturated rings. The number of hydrogen-bond donors (Lipinski definition) is 0. The van der Waals surface area contributed by atoms with Crippen LogP contribution in [0.3, 0.4) is 0 Å². The molecule has 0 atom stereocenters. The van der Waals surface area contributed by atoms with Crippen LogP contribution in [0, 0.1) is 5.92 Å². The van der Waals surface area contributed by atoms with Gasteiger partial charge in [-0.3, -0.25) is 4.90 Å². The Balaban J connectivity index is 1.98. The second-order valence-corrected chi connectivity index (χ2v) is 5.66. The van der Waals surface area contributed by atoms with E-state index in [4.69, 9.17) is 4.74 Å². The molecule has 104 valence electrons. The number of carbonyl (C=O) groups is 1. The smallest absolute Gasteiger partial charge is 0.337 e. The van der Waals surface area contributed by atoms with E-state index in [0.717, 1.165) is 12.5 Å². The summed E-state index contributed by atoms with van der Waals surface area (Å²) in [4.78, 5) is 13.9. The molecule has 0 N–H and O–H groups in total. The Hall–Kier alpha value is -1.35. The van der Waals surface area contributed by atoms with Crippen LogP contribution in [0.5, 0.6) is 0 Å². The molecule has 2 rings (SSSR count). The molecule has 0 aromatic heterocycles. The summed E-state index contributed by atoms with van der Waals surface area (Å²) in [6.07, 6.45) is 2.76. The van der Waals surface area contributed by atoms with Gasteiger partial charge in [-0.25, -0.2) is 4.79 Å². The quantitative estimate of drug-likeness (QED) is 0.737. The van der Waals surface area contributed by atoms with Crippen molar-refractivity contribution in [2.45, 2.75) is 39.3 Å². The van der Waals surface area contributed by atoms with Crippen LogP contribution in [-0.2, 0) is 11.3 Å². The van der Waals surface area contributed by atoms with Crippen molar-refractivity contribution in [3.63, 3.8) is 0 Å². The first-order valence-electron chi connectivity index (χ1n) is 7.01. The van der Waals surface area contributed by atoms with Gasteiger partial charge >= 0.3 is 5.97 Å². The van der Waals surface area contributed by atoms with Gasteiger partial charge in [0.15, 0.2) is 0 Å². The van der Waals surface area contributed by atoms with Crippen LogP contribution >= 0.6 is 0 Å². The van der Waals surface area contributed by atoms with Crippen LogP contribution in [0.2, 0.25) is 0 Å². The van der Waals surface area contributed by atoms with Crippen LogP contribution in [-0.4, -0.2) is 30.6 Å². The molecule has 0 spiro atoms. The maximum absolute atomic E-state index is 11.4. The van der Waals surface area contributed by atoms with E-state index in [-0.39, 0.29) is 5.97 Å². The van der Waals surface area contributed by atoms with Gasteiger partial charge in [0, 0.05) is 19.1 Å². The lowest BCUT2D eigenvalue weighted by atomic mass is 10.1. The minimum absolute atomic E-state index is 0.273. The summed E-state index contributed by atoms with van der Waals surface area (Å²) in [5.41, 5.74) is 1.87. The van der Waals surface area contributed by atoms with Gasteiger partial charge in [0.1, 0.15) is 0 Å². The maximum Gasteiger partial charge on any atom is 0.337 e. The van der Waals surface area contributed by atoms with Gasteiger partial charge in [0.05, 0.1) is 12.7 Å². The van der Waals surface area contributed by atoms with Crippen LogP contribution < -0.4 is 0 Å². The monoisotopic (exact) mass is 261 g/mol. The zero-order valence-corrected chi connectivity index (χ0v) is 12.1. The Morgan fingerprint density at radius 3 is 2.42 bits per heavy atom. The number of nitrogens with zero attached hydrogens (tertiary/aromatic N) is 1. The van der Waals surface area contributed by atoms with Gasteiger partial charge in [0.2, 0.25) is 0 Å². The summed E-state index contributed by atoms with van der Waals surface area (Å²) >= 11 is 0. The minimum Gasteiger partial charge on any atom is -0.465 e. The molecule has 0 amide bonds. The highest BCUT2D eigenvalue weighted by Crippen LogP contribution is 2.30. The van der Waals surface area contributed by atoms with Crippen LogP contribution in [0.4, 0.5) is 0 Å². The van der Waals surface area contributed by atoms with Crippen molar-refractivity contribution in [1.82, 2.24) is 4.90 Å². The number of carbonyl (C=O) groups excluding carboxylic acids is 1. The van der Waals surface area contributed by atoms with E-state index in [1.807, 2.05) is 24.3 Å². The summed E-state index contributed by atoms with van der Waals surface area (Å²) in [6.45, 7) is 6.63. The molecule has 3 nitrogen and oxygen atoms in total. The highest BCUT2D eigenvalue weighted by atomic mass is 16.5. The Kier molecular flexibility index (Phi) is 4.59. The van der Waals surface area contributed by atoms with Crippen molar-refractivity contribution >= 4 is 5.97 Å². The zero-order valence-electron chi connectivity index (χ0n) is 12.1. The molecule has 0 bridgehead atoms. The molecule has 1 aliphatic carbocycles. The Bertz CT molecular complexity index is 421. The predicted molar refractivity (Wildman–Crippen MR) is 76.1 cm³/mol. The first-order valence-corrected chi connectivity index (χ1v) is 7.01. The first-order chi connectivity index (χ1) is 9.10. The van der Waals surface area contributed by atoms with Gasteiger partial charge in [-0.1, -0.05) is 12.1 Å². The minimum atomic E-state index is -0.273. The van der Waals surface area contributed by atoms with Gasteiger partial charge in [-0.2, -0.15) is 0 Å². The molecular formula is C16H23NO2. The molecule has 0 radical (unpaired) electrons. The van der Waals surface area contributed by atoms with E-state index in [2.05, 4.69) is 18.7 Å². The highest BCUT2D eigenvalue weighted by Gasteiger charge is 2.25. The molecule has 0 unspecified atom stereocenters. The van der Waals surface area contributed by atoms with Crippen molar-refractivity contribution in [3.8, 4) is 0 Å². The standard InChI is InChI=1S/C16H23NO2/c1-12(2)17(10-13-4-5-13)11-14-6-8-15(9-7-14)16(18)19-3/h6-9,12-13H,4-5,10-11H2,1-3H3. The van der Waals surface area contributed by atoms with Crippen LogP contribution in [0.1, 0.15) is 42.6 Å². The second-order valence-electron chi connectivity index (χ2n) is 5.66. The molecular weight excluding hydrogens is 238 g/mol. The number of hydrogen-bond acceptors (Lipinski definition) is 3. The van der Waals surface area contributed by atoms with Crippen molar-refractivity contribution in [2.24, 2.45) is 5.92 Å². The SMILES string of the molecule is COC(=O)c1ccc(CN(CC2CC2)C(C)C)cc1. The molecule has 0 heterocycles. The zero-order chi connectivity index (χ0) is 13.8. The van der Waals surface area contributed by atoms with Crippen molar-refractivity contribution in [3.05, 3.63) is 35.4 Å². The largest absolute Gasteiger partial charge is 0.465 e. The van der Waals surface area contributed by atoms with Gasteiger partial charge in [0.25, 0.3) is 0 Å². The van der Waals surface area contributed by atoms with Crippen molar-refractivity contribution in [2.75, 3.05) is 13.7 Å². The molecule has 3 heteroatoms. The molecule has 0 saturated heterocycles. The van der Waals surface area contributed by atoms with E-state index in [0.29, 0.717) is 11.6 Å². The van der Waals surface area contributed by atoms with Crippen molar-refractivity contribution < 1.29 is 9.53 Å². The average molecular weight is 261 g/mol. The predicted octanol–water partition coefficient (Wildman–Crippen LogP) is 3.09. The number of benzene rings is 1. The Morgan fingerprint density at radius 2 is 1.95 bits per heavy atom. The van der Waals surface area contributed by atoms with E-state index >= 15 is 0 Å². The number of ether oxygens (including phenoxy) is 1. The Labute approximate surface area is 115 Å². The summed E-state index contributed by atoms with van der Waals surface area (Å²) in [5.74, 6) is 0.627. The lowest BCUT2D eigenvalue weighted by Crippen LogP contribution is -2.32. The molecule has 1 saturated carbocycles. The van der Waals surface area contributed by atoms with E-state index < -0.39 is 0 Å². The van der Waals surface area contributed by atoms with Gasteiger partial charge in [-0.05, 0) is 50.3 Å². The molecule has 1 aliphatic rings. The normalized spacial score (nSPS) is 15.0. The topological polar surface area (TPSA) is 29.5 Å². The lowest BCUT2D eigenvalue weighted by Gasteiger charge is -2.26. The molecule has 19 heavy (non-hydrogen) atoms. The van der Waals surface area contributed by atoms with E-state index in [9.17, 15) is 4.79 Å². The molecule has 1 aromatic rings. The van der Waals surface area contributed by atoms with Gasteiger partial charge < -0.3 is 4.74 Å². The van der Waals surface area contributed by atoms with Gasteiger partial charge in [-0.15, -0.1) is 0 Å². The fourth-order valence-corrected chi connectivity index (χ4v) is 2.19. The van der Waals surface area contributed by atoms with E-state index in [1.54, 1.807) is 0 Å². The summed E-state index contributed by atoms with van der Waals surface area (Å²) < 4.78 is 4.71. The number of rotatable bonds is 6. The fourth-order valence-electron chi connectivity index (χ4n) is 2.19. The third-order valence-electron chi connectivity index (χ3n) is 3.68. The summed E-state index contributed by atoms with van der Waals surface area (Å²) in [6, 6.07) is 8.29. The fraction of sp³-hybridized carbons (Fsp3) is 0.562. The lowest BCUT2D eigenvalue weighted by molar-refractivity contribution is 0.0600. The molecule has 1 aromatic carbocycles. The highest BCUT2D eigenvalue weighted by molar-refractivity contribution is 5.89. The maximum atomic E-state index is 11.4. The van der Waals surface area contributed by atoms with Crippen LogP contribution in [0.15, 0.2) is 24.3 Å². The first kappa shape index (κ1) is 14.1. The average Bonchev–Trinajstić information content (AvgIpc) is 3.22. The summed E-state index contributed by atoms with van der Waals surface area (Å²) in [5, 5.41) is 0. The third-order valence-corrected chi connectivity index (χ3v) is 3.68.